The number of amides is 1. The first-order valence-corrected chi connectivity index (χ1v) is 6.91. The number of imidazole rings is 1. The molecule has 8 heteroatoms. The molecular formula is C12H9N3O4S. The minimum atomic E-state index is -1.40. The van der Waals surface area contributed by atoms with Gasteiger partial charge in [-0.15, -0.1) is 11.3 Å². The number of fused-ring (bicyclic) bond motifs is 5. The van der Waals surface area contributed by atoms with Crippen LogP contribution in [-0.2, 0) is 0 Å². The van der Waals surface area contributed by atoms with Crippen molar-refractivity contribution in [3.05, 3.63) is 28.3 Å². The number of rotatable bonds is 1. The van der Waals surface area contributed by atoms with E-state index in [-0.39, 0.29) is 17.8 Å². The molecule has 2 aromatic rings. The van der Waals surface area contributed by atoms with Crippen molar-refractivity contribution in [2.24, 2.45) is 0 Å². The molecule has 1 amide bonds. The topological polar surface area (TPSA) is 84.7 Å². The van der Waals surface area contributed by atoms with Crippen LogP contribution in [0.1, 0.15) is 27.8 Å². The van der Waals surface area contributed by atoms with Crippen LogP contribution in [0.25, 0.3) is 5.69 Å². The van der Waals surface area contributed by atoms with Gasteiger partial charge in [0.15, 0.2) is 0 Å². The number of carboxylic acid groups (broad SMARTS) is 1. The summed E-state index contributed by atoms with van der Waals surface area (Å²) in [4.78, 5) is 29.6. The number of hydrogen-bond acceptors (Lipinski definition) is 5. The molecule has 4 heterocycles. The normalized spacial score (nSPS) is 19.5. The molecule has 7 nitrogen and oxygen atoms in total. The Balaban J connectivity index is 1.94. The van der Waals surface area contributed by atoms with E-state index in [1.165, 1.54) is 17.7 Å². The minimum Gasteiger partial charge on any atom is -0.449 e. The van der Waals surface area contributed by atoms with Crippen LogP contribution in [-0.4, -0.2) is 38.2 Å². The van der Waals surface area contributed by atoms with Crippen molar-refractivity contribution in [2.75, 3.05) is 6.54 Å². The van der Waals surface area contributed by atoms with Crippen LogP contribution < -0.4 is 4.74 Å². The third-order valence-electron chi connectivity index (χ3n) is 3.65. The summed E-state index contributed by atoms with van der Waals surface area (Å²) < 4.78 is 6.49. The zero-order chi connectivity index (χ0) is 13.9. The van der Waals surface area contributed by atoms with Gasteiger partial charge in [0.05, 0.1) is 11.7 Å². The molecule has 2 aromatic heterocycles. The van der Waals surface area contributed by atoms with E-state index >= 15 is 0 Å². The first kappa shape index (κ1) is 11.5. The van der Waals surface area contributed by atoms with Crippen LogP contribution in [0.5, 0.6) is 5.88 Å². The fourth-order valence-corrected chi connectivity index (χ4v) is 3.53. The van der Waals surface area contributed by atoms with E-state index in [4.69, 9.17) is 9.84 Å². The second-order valence-electron chi connectivity index (χ2n) is 4.61. The lowest BCUT2D eigenvalue weighted by Crippen LogP contribution is -2.44. The predicted octanol–water partition coefficient (Wildman–Crippen LogP) is 1.89. The first-order chi connectivity index (χ1) is 9.66. The maximum Gasteiger partial charge on any atom is 0.512 e. The zero-order valence-corrected chi connectivity index (χ0v) is 11.0. The Hall–Kier alpha value is -2.35. The molecule has 1 atom stereocenters. The minimum absolute atomic E-state index is 0.0174. The molecular weight excluding hydrogens is 282 g/mol. The van der Waals surface area contributed by atoms with Crippen molar-refractivity contribution >= 4 is 23.4 Å². The molecule has 4 rings (SSSR count). The second-order valence-corrected chi connectivity index (χ2v) is 5.53. The molecule has 20 heavy (non-hydrogen) atoms. The van der Waals surface area contributed by atoms with E-state index in [1.54, 1.807) is 9.47 Å². The molecule has 0 aliphatic carbocycles. The largest absolute Gasteiger partial charge is 0.512 e. The summed E-state index contributed by atoms with van der Waals surface area (Å²) in [6.45, 7) is 0.665. The number of carbonyl (C=O) groups excluding carboxylic acids is 1. The van der Waals surface area contributed by atoms with E-state index in [0.717, 1.165) is 12.1 Å². The number of hydrogen-bond donors (Lipinski definition) is 1. The third-order valence-corrected chi connectivity index (χ3v) is 4.54. The highest BCUT2D eigenvalue weighted by Gasteiger charge is 2.42. The maximum absolute atomic E-state index is 12.4. The first-order valence-electron chi connectivity index (χ1n) is 6.03. The van der Waals surface area contributed by atoms with E-state index in [9.17, 15) is 9.59 Å². The molecule has 0 radical (unpaired) electrons. The molecule has 0 saturated carbocycles. The van der Waals surface area contributed by atoms with Gasteiger partial charge < -0.3 is 14.7 Å². The Bertz CT molecular complexity index is 735. The van der Waals surface area contributed by atoms with Gasteiger partial charge in [-0.1, -0.05) is 0 Å². The van der Waals surface area contributed by atoms with E-state index < -0.39 is 6.16 Å². The zero-order valence-electron chi connectivity index (χ0n) is 10.1. The van der Waals surface area contributed by atoms with Gasteiger partial charge in [0.1, 0.15) is 16.9 Å². The molecule has 0 aromatic carbocycles. The quantitative estimate of drug-likeness (QED) is 0.811. The maximum atomic E-state index is 12.4. The van der Waals surface area contributed by atoms with Crippen molar-refractivity contribution in [1.29, 1.82) is 0 Å². The van der Waals surface area contributed by atoms with Gasteiger partial charge in [-0.2, -0.15) is 0 Å². The highest BCUT2D eigenvalue weighted by Crippen LogP contribution is 2.44. The molecule has 1 N–H and O–H groups in total. The summed E-state index contributed by atoms with van der Waals surface area (Å²) in [5.41, 5.74) is 1.36. The molecule has 1 saturated heterocycles. The summed E-state index contributed by atoms with van der Waals surface area (Å²) in [6, 6.07) is 1.67. The molecule has 102 valence electrons. The van der Waals surface area contributed by atoms with E-state index in [1.807, 2.05) is 11.4 Å². The highest BCUT2D eigenvalue weighted by molar-refractivity contribution is 7.12. The van der Waals surface area contributed by atoms with E-state index in [0.29, 0.717) is 17.1 Å². The van der Waals surface area contributed by atoms with Gasteiger partial charge in [-0.3, -0.25) is 9.36 Å². The van der Waals surface area contributed by atoms with Crippen molar-refractivity contribution < 1.29 is 19.4 Å². The Morgan fingerprint density at radius 3 is 3.10 bits per heavy atom. The third kappa shape index (κ3) is 1.36. The molecule has 0 unspecified atom stereocenters. The number of ether oxygens (including phenoxy) is 1. The average Bonchev–Trinajstić information content (AvgIpc) is 2.93. The second kappa shape index (κ2) is 3.83. The van der Waals surface area contributed by atoms with Gasteiger partial charge in [-0.25, -0.2) is 9.78 Å². The summed E-state index contributed by atoms with van der Waals surface area (Å²) in [6.07, 6.45) is 0.884. The van der Waals surface area contributed by atoms with Crippen LogP contribution >= 0.6 is 11.3 Å². The molecule has 0 bridgehead atoms. The van der Waals surface area contributed by atoms with Crippen molar-refractivity contribution in [2.45, 2.75) is 12.5 Å². The van der Waals surface area contributed by atoms with Crippen LogP contribution in [0.2, 0.25) is 0 Å². The fraction of sp³-hybridized carbons (Fsp3) is 0.250. The van der Waals surface area contributed by atoms with Gasteiger partial charge in [-0.05, 0) is 17.9 Å². The molecule has 2 aliphatic rings. The molecule has 1 fully saturated rings. The summed E-state index contributed by atoms with van der Waals surface area (Å²) in [5, 5.41) is 10.6. The van der Waals surface area contributed by atoms with Gasteiger partial charge >= 0.3 is 6.16 Å². The van der Waals surface area contributed by atoms with Crippen molar-refractivity contribution in [3.63, 3.8) is 0 Å². The summed E-state index contributed by atoms with van der Waals surface area (Å²) in [5.74, 6) is 0.0373. The van der Waals surface area contributed by atoms with Gasteiger partial charge in [0.2, 0.25) is 5.88 Å². The lowest BCUT2D eigenvalue weighted by atomic mass is 10.00. The Morgan fingerprint density at radius 2 is 2.40 bits per heavy atom. The number of aromatic nitrogens is 2. The number of thiophene rings is 1. The lowest BCUT2D eigenvalue weighted by molar-refractivity contribution is 0.0459. The van der Waals surface area contributed by atoms with Crippen LogP contribution in [0.3, 0.4) is 0 Å². The van der Waals surface area contributed by atoms with Crippen LogP contribution in [0.15, 0.2) is 17.8 Å². The van der Waals surface area contributed by atoms with Crippen molar-refractivity contribution in [1.82, 2.24) is 14.5 Å². The Kier molecular flexibility index (Phi) is 2.19. The smallest absolute Gasteiger partial charge is 0.449 e. The predicted molar refractivity (Wildman–Crippen MR) is 68.5 cm³/mol. The Morgan fingerprint density at radius 1 is 1.55 bits per heavy atom. The SMILES string of the molecule is O=C(O)Oc1ncn2c1[C@@H]1CCN1C(=O)c1sccc1-2. The standard InChI is InChI=1S/C12H9N3O4S/c16-11-9-7(2-4-20-9)15-5-13-10(19-12(17)18)8(15)6-1-3-14(6)11/h2,4-6H,1,3H2,(H,17,18)/t6-/m0/s1. The molecule has 0 spiro atoms. The van der Waals surface area contributed by atoms with Gasteiger partial charge in [0, 0.05) is 6.54 Å². The Labute approximate surface area is 117 Å². The lowest BCUT2D eigenvalue weighted by Gasteiger charge is -2.39. The number of nitrogens with zero attached hydrogens (tertiary/aromatic N) is 3. The van der Waals surface area contributed by atoms with Gasteiger partial charge in [0.25, 0.3) is 5.91 Å². The number of carbonyl (C=O) groups is 2. The van der Waals surface area contributed by atoms with Crippen molar-refractivity contribution in [3.8, 4) is 11.6 Å². The average molecular weight is 291 g/mol. The molecule has 2 aliphatic heterocycles. The van der Waals surface area contributed by atoms with E-state index in [2.05, 4.69) is 4.98 Å². The summed E-state index contributed by atoms with van der Waals surface area (Å²) in [7, 11) is 0. The monoisotopic (exact) mass is 291 g/mol. The fourth-order valence-electron chi connectivity index (χ4n) is 2.70. The van der Waals surface area contributed by atoms with Crippen LogP contribution in [0.4, 0.5) is 4.79 Å². The highest BCUT2D eigenvalue weighted by atomic mass is 32.1. The van der Waals surface area contributed by atoms with Crippen LogP contribution in [0, 0.1) is 0 Å². The summed E-state index contributed by atoms with van der Waals surface area (Å²) >= 11 is 1.38.